The first-order valence-corrected chi connectivity index (χ1v) is 7.85. The molecule has 0 bridgehead atoms. The van der Waals surface area contributed by atoms with E-state index in [1.54, 1.807) is 11.0 Å². The lowest BCUT2D eigenvalue weighted by Crippen LogP contribution is -2.48. The zero-order valence-electron chi connectivity index (χ0n) is 13.7. The van der Waals surface area contributed by atoms with E-state index in [2.05, 4.69) is 0 Å². The highest BCUT2D eigenvalue weighted by molar-refractivity contribution is 5.92. The second kappa shape index (κ2) is 6.08. The van der Waals surface area contributed by atoms with Gasteiger partial charge in [-0.05, 0) is 44.5 Å². The van der Waals surface area contributed by atoms with Gasteiger partial charge in [0, 0.05) is 24.3 Å². The van der Waals surface area contributed by atoms with E-state index in [4.69, 9.17) is 14.9 Å². The van der Waals surface area contributed by atoms with E-state index in [1.165, 1.54) is 0 Å². The van der Waals surface area contributed by atoms with Crippen molar-refractivity contribution in [1.29, 1.82) is 0 Å². The number of carbonyl (C=O) groups excluding carboxylic acids is 1. The summed E-state index contributed by atoms with van der Waals surface area (Å²) in [6, 6.07) is 9.28. The van der Waals surface area contributed by atoms with Crippen LogP contribution in [0.5, 0.6) is 0 Å². The normalized spacial score (nSPS) is 21.4. The predicted octanol–water partition coefficient (Wildman–Crippen LogP) is 3.09. The zero-order valence-corrected chi connectivity index (χ0v) is 13.7. The molecule has 2 aromatic rings. The summed E-state index contributed by atoms with van der Waals surface area (Å²) in [5, 5.41) is 0. The van der Waals surface area contributed by atoms with Crippen molar-refractivity contribution in [3.8, 4) is 11.3 Å². The van der Waals surface area contributed by atoms with Crippen molar-refractivity contribution in [2.24, 2.45) is 0 Å². The van der Waals surface area contributed by atoms with Crippen molar-refractivity contribution in [2.75, 3.05) is 18.8 Å². The molecule has 1 amide bonds. The zero-order chi connectivity index (χ0) is 16.6. The molecular formula is C18H22N2O3. The largest absolute Gasteiger partial charge is 0.451 e. The summed E-state index contributed by atoms with van der Waals surface area (Å²) in [5.41, 5.74) is 8.54. The molecule has 1 saturated heterocycles. The number of anilines is 1. The monoisotopic (exact) mass is 314 g/mol. The first-order valence-electron chi connectivity index (χ1n) is 7.85. The number of benzene rings is 1. The van der Waals surface area contributed by atoms with Gasteiger partial charge in [-0.1, -0.05) is 12.1 Å². The highest BCUT2D eigenvalue weighted by Crippen LogP contribution is 2.26. The van der Waals surface area contributed by atoms with Gasteiger partial charge in [0.15, 0.2) is 5.76 Å². The molecule has 0 aliphatic carbocycles. The van der Waals surface area contributed by atoms with Crippen molar-refractivity contribution >= 4 is 11.6 Å². The Labute approximate surface area is 136 Å². The number of nitrogen functional groups attached to an aromatic ring is 1. The van der Waals surface area contributed by atoms with Crippen LogP contribution in [-0.4, -0.2) is 36.1 Å². The molecule has 2 N–H and O–H groups in total. The van der Waals surface area contributed by atoms with Crippen LogP contribution in [0.2, 0.25) is 0 Å². The molecule has 2 atom stereocenters. The number of nitrogens with zero attached hydrogens (tertiary/aromatic N) is 1. The molecule has 0 saturated carbocycles. The molecule has 5 nitrogen and oxygen atoms in total. The van der Waals surface area contributed by atoms with Crippen LogP contribution in [0, 0.1) is 6.92 Å². The Morgan fingerprint density at radius 2 is 1.87 bits per heavy atom. The summed E-state index contributed by atoms with van der Waals surface area (Å²) in [6.07, 6.45) is 0.0723. The summed E-state index contributed by atoms with van der Waals surface area (Å²) in [5.74, 6) is 0.896. The van der Waals surface area contributed by atoms with Gasteiger partial charge < -0.3 is 19.8 Å². The molecule has 0 unspecified atom stereocenters. The fourth-order valence-corrected chi connectivity index (χ4v) is 2.90. The van der Waals surface area contributed by atoms with Gasteiger partial charge in [-0.2, -0.15) is 0 Å². The van der Waals surface area contributed by atoms with Gasteiger partial charge in [-0.25, -0.2) is 0 Å². The van der Waals surface area contributed by atoms with Crippen molar-refractivity contribution in [2.45, 2.75) is 33.0 Å². The van der Waals surface area contributed by atoms with Crippen LogP contribution >= 0.6 is 0 Å². The van der Waals surface area contributed by atoms with Crippen LogP contribution in [-0.2, 0) is 4.74 Å². The first-order chi connectivity index (χ1) is 10.9. The molecule has 0 radical (unpaired) electrons. The molecule has 3 rings (SSSR count). The number of ether oxygens (including phenoxy) is 1. The van der Waals surface area contributed by atoms with Crippen molar-refractivity contribution in [1.82, 2.24) is 4.90 Å². The quantitative estimate of drug-likeness (QED) is 0.865. The van der Waals surface area contributed by atoms with E-state index in [9.17, 15) is 4.79 Å². The molecule has 1 aliphatic heterocycles. The van der Waals surface area contributed by atoms with Gasteiger partial charge in [0.2, 0.25) is 0 Å². The molecule has 122 valence electrons. The van der Waals surface area contributed by atoms with E-state index in [0.717, 1.165) is 11.1 Å². The number of hydrogen-bond acceptors (Lipinski definition) is 4. The molecular weight excluding hydrogens is 292 g/mol. The Morgan fingerprint density at radius 3 is 2.52 bits per heavy atom. The lowest BCUT2D eigenvalue weighted by Gasteiger charge is -2.34. The Bertz CT molecular complexity index is 713. The average Bonchev–Trinajstić information content (AvgIpc) is 2.98. The highest BCUT2D eigenvalue weighted by atomic mass is 16.5. The van der Waals surface area contributed by atoms with Gasteiger partial charge in [0.1, 0.15) is 5.76 Å². The molecule has 1 aromatic heterocycles. The molecule has 2 heterocycles. The summed E-state index contributed by atoms with van der Waals surface area (Å²) >= 11 is 0. The number of hydrogen-bond donors (Lipinski definition) is 1. The summed E-state index contributed by atoms with van der Waals surface area (Å²) in [6.45, 7) is 7.06. The van der Waals surface area contributed by atoms with Crippen LogP contribution in [0.25, 0.3) is 11.3 Å². The van der Waals surface area contributed by atoms with Crippen LogP contribution < -0.4 is 5.73 Å². The third kappa shape index (κ3) is 3.24. The van der Waals surface area contributed by atoms with Gasteiger partial charge in [-0.15, -0.1) is 0 Å². The van der Waals surface area contributed by atoms with E-state index in [-0.39, 0.29) is 18.1 Å². The maximum Gasteiger partial charge on any atom is 0.289 e. The fraction of sp³-hybridized carbons (Fsp3) is 0.389. The second-order valence-electron chi connectivity index (χ2n) is 6.20. The summed E-state index contributed by atoms with van der Waals surface area (Å²) in [4.78, 5) is 14.4. The lowest BCUT2D eigenvalue weighted by molar-refractivity contribution is -0.0592. The minimum atomic E-state index is -0.0988. The maximum atomic E-state index is 12.6. The molecule has 1 fully saturated rings. The van der Waals surface area contributed by atoms with Gasteiger partial charge in [0.05, 0.1) is 12.2 Å². The first kappa shape index (κ1) is 15.6. The topological polar surface area (TPSA) is 68.7 Å². The predicted molar refractivity (Wildman–Crippen MR) is 89.2 cm³/mol. The van der Waals surface area contributed by atoms with E-state index >= 15 is 0 Å². The van der Waals surface area contributed by atoms with Gasteiger partial charge in [0.25, 0.3) is 5.91 Å². The van der Waals surface area contributed by atoms with Crippen LogP contribution in [0.15, 0.2) is 34.7 Å². The SMILES string of the molecule is Cc1ccc(-c2ccc(C(=O)N3C[C@@H](C)O[C@@H](C)C3)o2)cc1N. The smallest absolute Gasteiger partial charge is 0.289 e. The number of rotatable bonds is 2. The van der Waals surface area contributed by atoms with E-state index < -0.39 is 0 Å². The molecule has 1 aromatic carbocycles. The van der Waals surface area contributed by atoms with E-state index in [0.29, 0.717) is 30.3 Å². The van der Waals surface area contributed by atoms with Crippen molar-refractivity contribution < 1.29 is 13.9 Å². The second-order valence-corrected chi connectivity index (χ2v) is 6.20. The Morgan fingerprint density at radius 1 is 1.17 bits per heavy atom. The number of morpholine rings is 1. The Kier molecular flexibility index (Phi) is 4.13. The van der Waals surface area contributed by atoms with Crippen molar-refractivity contribution in [3.63, 3.8) is 0 Å². The summed E-state index contributed by atoms with van der Waals surface area (Å²) < 4.78 is 11.4. The fourth-order valence-electron chi connectivity index (χ4n) is 2.90. The van der Waals surface area contributed by atoms with E-state index in [1.807, 2.05) is 45.0 Å². The molecule has 1 aliphatic rings. The Hall–Kier alpha value is -2.27. The maximum absolute atomic E-state index is 12.6. The standard InChI is InChI=1S/C18H22N2O3/c1-11-4-5-14(8-15(11)19)16-6-7-17(23-16)18(21)20-9-12(2)22-13(3)10-20/h4-8,12-13H,9-10,19H2,1-3H3/t12-,13+. The third-order valence-corrected chi connectivity index (χ3v) is 4.09. The van der Waals surface area contributed by atoms with Crippen LogP contribution in [0.3, 0.4) is 0 Å². The minimum absolute atomic E-state index is 0.0361. The third-order valence-electron chi connectivity index (χ3n) is 4.09. The van der Waals surface area contributed by atoms with Crippen LogP contribution in [0.1, 0.15) is 30.0 Å². The number of carbonyl (C=O) groups is 1. The van der Waals surface area contributed by atoms with Gasteiger partial charge >= 0.3 is 0 Å². The number of nitrogens with two attached hydrogens (primary N) is 1. The summed E-state index contributed by atoms with van der Waals surface area (Å²) in [7, 11) is 0. The lowest BCUT2D eigenvalue weighted by atomic mass is 10.1. The number of amides is 1. The number of aryl methyl sites for hydroxylation is 1. The Balaban J connectivity index is 1.81. The number of furan rings is 1. The average molecular weight is 314 g/mol. The van der Waals surface area contributed by atoms with Gasteiger partial charge in [-0.3, -0.25) is 4.79 Å². The van der Waals surface area contributed by atoms with Crippen LogP contribution in [0.4, 0.5) is 5.69 Å². The molecule has 0 spiro atoms. The highest BCUT2D eigenvalue weighted by Gasteiger charge is 2.28. The van der Waals surface area contributed by atoms with Crippen molar-refractivity contribution in [3.05, 3.63) is 41.7 Å². The molecule has 5 heteroatoms. The molecule has 23 heavy (non-hydrogen) atoms. The minimum Gasteiger partial charge on any atom is -0.451 e.